The molecule has 1 aromatic rings. The number of halogens is 4. The molecule has 0 unspecified atom stereocenters. The van der Waals surface area contributed by atoms with Gasteiger partial charge in [-0.2, -0.15) is 13.2 Å². The van der Waals surface area contributed by atoms with Gasteiger partial charge in [0.2, 0.25) is 0 Å². The first kappa shape index (κ1) is 19.6. The summed E-state index contributed by atoms with van der Waals surface area (Å²) < 4.78 is 36.7. The van der Waals surface area contributed by atoms with Gasteiger partial charge in [0.15, 0.2) is 5.96 Å². The molecule has 4 nitrogen and oxygen atoms in total. The molecule has 0 bridgehead atoms. The Bertz CT molecular complexity index is 506. The van der Waals surface area contributed by atoms with Crippen molar-refractivity contribution in [3.05, 3.63) is 34.9 Å². The van der Waals surface area contributed by atoms with E-state index in [-0.39, 0.29) is 6.54 Å². The highest BCUT2D eigenvalue weighted by molar-refractivity contribution is 6.31. The minimum absolute atomic E-state index is 0.260. The Labute approximate surface area is 139 Å². The third-order valence-electron chi connectivity index (χ3n) is 2.94. The topological polar surface area (TPSA) is 39.7 Å². The van der Waals surface area contributed by atoms with Crippen LogP contribution in [0, 0.1) is 0 Å². The van der Waals surface area contributed by atoms with Crippen LogP contribution in [0.2, 0.25) is 5.02 Å². The molecule has 0 spiro atoms. The molecule has 23 heavy (non-hydrogen) atoms. The number of nitrogens with zero attached hydrogens (tertiary/aromatic N) is 2. The number of hydrogen-bond donors (Lipinski definition) is 2. The van der Waals surface area contributed by atoms with Crippen LogP contribution in [0.5, 0.6) is 0 Å². The third kappa shape index (κ3) is 8.66. The number of nitrogens with one attached hydrogen (secondary N) is 2. The van der Waals surface area contributed by atoms with Crippen LogP contribution in [-0.4, -0.2) is 50.3 Å². The van der Waals surface area contributed by atoms with Crippen molar-refractivity contribution in [2.45, 2.75) is 19.6 Å². The van der Waals surface area contributed by atoms with Crippen molar-refractivity contribution in [2.24, 2.45) is 4.99 Å². The standard InChI is InChI=1S/C15H22ClF3N4/c1-3-20-14(21-8-9-23(2)11-15(17,18)19)22-10-12-6-4-5-7-13(12)16/h4-7H,3,8-11H2,1-2H3,(H2,20,21,22). The summed E-state index contributed by atoms with van der Waals surface area (Å²) in [5, 5.41) is 6.70. The van der Waals surface area contributed by atoms with Gasteiger partial charge in [0, 0.05) is 24.7 Å². The average molecular weight is 351 g/mol. The molecular formula is C15H22ClF3N4. The van der Waals surface area contributed by atoms with E-state index in [1.165, 1.54) is 11.9 Å². The highest BCUT2D eigenvalue weighted by Gasteiger charge is 2.28. The molecule has 0 saturated heterocycles. The van der Waals surface area contributed by atoms with E-state index in [0.717, 1.165) is 5.56 Å². The van der Waals surface area contributed by atoms with E-state index in [1.54, 1.807) is 6.07 Å². The molecule has 0 saturated carbocycles. The van der Waals surface area contributed by atoms with Crippen molar-refractivity contribution >= 4 is 17.6 Å². The molecule has 8 heteroatoms. The van der Waals surface area contributed by atoms with Crippen LogP contribution in [0.15, 0.2) is 29.3 Å². The van der Waals surface area contributed by atoms with Gasteiger partial charge in [-0.05, 0) is 25.6 Å². The van der Waals surface area contributed by atoms with Crippen molar-refractivity contribution in [1.82, 2.24) is 15.5 Å². The van der Waals surface area contributed by atoms with Crippen molar-refractivity contribution in [3.63, 3.8) is 0 Å². The molecule has 2 N–H and O–H groups in total. The Balaban J connectivity index is 2.48. The maximum atomic E-state index is 12.2. The predicted molar refractivity (Wildman–Crippen MR) is 87.8 cm³/mol. The fourth-order valence-electron chi connectivity index (χ4n) is 1.88. The van der Waals surface area contributed by atoms with E-state index >= 15 is 0 Å². The second kappa shape index (κ2) is 9.62. The fraction of sp³-hybridized carbons (Fsp3) is 0.533. The molecule has 0 atom stereocenters. The molecule has 0 aromatic heterocycles. The van der Waals surface area contributed by atoms with Gasteiger partial charge in [-0.15, -0.1) is 0 Å². The number of alkyl halides is 3. The SMILES string of the molecule is CCNC(=NCc1ccccc1Cl)NCCN(C)CC(F)(F)F. The lowest BCUT2D eigenvalue weighted by molar-refractivity contribution is -0.142. The first-order chi connectivity index (χ1) is 10.8. The Hall–Kier alpha value is -1.47. The van der Waals surface area contributed by atoms with Crippen LogP contribution in [0.4, 0.5) is 13.2 Å². The van der Waals surface area contributed by atoms with Crippen LogP contribution in [-0.2, 0) is 6.54 Å². The molecule has 0 fully saturated rings. The maximum absolute atomic E-state index is 12.2. The predicted octanol–water partition coefficient (Wildman–Crippen LogP) is 2.89. The Morgan fingerprint density at radius 1 is 1.26 bits per heavy atom. The zero-order valence-electron chi connectivity index (χ0n) is 13.3. The average Bonchev–Trinajstić information content (AvgIpc) is 2.44. The summed E-state index contributed by atoms with van der Waals surface area (Å²) in [6, 6.07) is 7.39. The molecule has 1 aromatic carbocycles. The van der Waals surface area contributed by atoms with Crippen LogP contribution in [0.1, 0.15) is 12.5 Å². The van der Waals surface area contributed by atoms with Gasteiger partial charge in [0.1, 0.15) is 0 Å². The molecule has 0 radical (unpaired) electrons. The summed E-state index contributed by atoms with van der Waals surface area (Å²) in [6.07, 6.45) is -4.18. The molecule has 1 rings (SSSR count). The van der Waals surface area contributed by atoms with Gasteiger partial charge in [-0.3, -0.25) is 4.90 Å². The number of aliphatic imine (C=N–C) groups is 1. The van der Waals surface area contributed by atoms with Gasteiger partial charge in [0.05, 0.1) is 13.1 Å². The number of hydrogen-bond acceptors (Lipinski definition) is 2. The number of likely N-dealkylation sites (N-methyl/N-ethyl adjacent to an activating group) is 1. The van der Waals surface area contributed by atoms with Crippen molar-refractivity contribution in [2.75, 3.05) is 33.2 Å². The normalized spacial score (nSPS) is 12.6. The molecule has 0 heterocycles. The van der Waals surface area contributed by atoms with E-state index in [4.69, 9.17) is 11.6 Å². The van der Waals surface area contributed by atoms with Crippen LogP contribution >= 0.6 is 11.6 Å². The largest absolute Gasteiger partial charge is 0.401 e. The molecule has 130 valence electrons. The Morgan fingerprint density at radius 3 is 2.57 bits per heavy atom. The lowest BCUT2D eigenvalue weighted by Crippen LogP contribution is -2.42. The summed E-state index contributed by atoms with van der Waals surface area (Å²) in [7, 11) is 1.43. The lowest BCUT2D eigenvalue weighted by Gasteiger charge is -2.19. The minimum atomic E-state index is -4.18. The summed E-state index contributed by atoms with van der Waals surface area (Å²) >= 11 is 6.07. The highest BCUT2D eigenvalue weighted by atomic mass is 35.5. The van der Waals surface area contributed by atoms with Crippen molar-refractivity contribution in [3.8, 4) is 0 Å². The van der Waals surface area contributed by atoms with Crippen molar-refractivity contribution in [1.29, 1.82) is 0 Å². The minimum Gasteiger partial charge on any atom is -0.357 e. The zero-order chi connectivity index (χ0) is 17.3. The monoisotopic (exact) mass is 350 g/mol. The first-order valence-corrected chi connectivity index (χ1v) is 7.70. The fourth-order valence-corrected chi connectivity index (χ4v) is 2.08. The van der Waals surface area contributed by atoms with Gasteiger partial charge >= 0.3 is 6.18 Å². The van der Waals surface area contributed by atoms with Crippen LogP contribution in [0.25, 0.3) is 0 Å². The summed E-state index contributed by atoms with van der Waals surface area (Å²) in [5.74, 6) is 0.549. The Morgan fingerprint density at radius 2 is 1.96 bits per heavy atom. The molecule has 0 amide bonds. The lowest BCUT2D eigenvalue weighted by atomic mass is 10.2. The highest BCUT2D eigenvalue weighted by Crippen LogP contribution is 2.16. The van der Waals surface area contributed by atoms with Gasteiger partial charge in [-0.25, -0.2) is 4.99 Å². The van der Waals surface area contributed by atoms with Gasteiger partial charge in [0.25, 0.3) is 0 Å². The van der Waals surface area contributed by atoms with E-state index in [1.807, 2.05) is 25.1 Å². The molecule has 0 aliphatic carbocycles. The smallest absolute Gasteiger partial charge is 0.357 e. The van der Waals surface area contributed by atoms with E-state index in [0.29, 0.717) is 30.6 Å². The zero-order valence-corrected chi connectivity index (χ0v) is 14.0. The van der Waals surface area contributed by atoms with Crippen LogP contribution in [0.3, 0.4) is 0 Å². The third-order valence-corrected chi connectivity index (χ3v) is 3.31. The molecule has 0 aliphatic rings. The summed E-state index contributed by atoms with van der Waals surface area (Å²) in [6.45, 7) is 2.67. The van der Waals surface area contributed by atoms with E-state index in [2.05, 4.69) is 15.6 Å². The maximum Gasteiger partial charge on any atom is 0.401 e. The second-order valence-electron chi connectivity index (χ2n) is 5.07. The number of benzene rings is 1. The van der Waals surface area contributed by atoms with Crippen LogP contribution < -0.4 is 10.6 Å². The van der Waals surface area contributed by atoms with E-state index < -0.39 is 12.7 Å². The number of rotatable bonds is 7. The number of guanidine groups is 1. The van der Waals surface area contributed by atoms with E-state index in [9.17, 15) is 13.2 Å². The first-order valence-electron chi connectivity index (χ1n) is 7.32. The summed E-state index contributed by atoms with van der Waals surface area (Å²) in [5.41, 5.74) is 0.889. The molecule has 0 aliphatic heterocycles. The quantitative estimate of drug-likeness (QED) is 0.587. The van der Waals surface area contributed by atoms with Crippen molar-refractivity contribution < 1.29 is 13.2 Å². The van der Waals surface area contributed by atoms with Gasteiger partial charge in [-0.1, -0.05) is 29.8 Å². The Kier molecular flexibility index (Phi) is 8.19. The molecular weight excluding hydrogens is 329 g/mol. The second-order valence-corrected chi connectivity index (χ2v) is 5.47. The van der Waals surface area contributed by atoms with Gasteiger partial charge < -0.3 is 10.6 Å². The summed E-state index contributed by atoms with van der Waals surface area (Å²) in [4.78, 5) is 5.60.